The Morgan fingerprint density at radius 2 is 1.81 bits per heavy atom. The lowest BCUT2D eigenvalue weighted by atomic mass is 10.1. The third-order valence-corrected chi connectivity index (χ3v) is 4.31. The summed E-state index contributed by atoms with van der Waals surface area (Å²) in [5, 5.41) is 6.07. The number of halogens is 2. The number of hydrogen-bond acceptors (Lipinski definition) is 4. The topological polar surface area (TPSA) is 59.6 Å². The largest absolute Gasteiger partial charge is 0.493 e. The molecule has 0 saturated carbocycles. The second-order valence-corrected chi connectivity index (χ2v) is 7.86. The monoisotopic (exact) mass is 438 g/mol. The van der Waals surface area contributed by atoms with Crippen molar-refractivity contribution in [3.05, 3.63) is 52.3 Å². The summed E-state index contributed by atoms with van der Waals surface area (Å²) in [5.41, 5.74) is 1.22. The maximum absolute atomic E-state index is 13.1. The summed E-state index contributed by atoms with van der Waals surface area (Å²) in [5.74, 6) is 0.488. The summed E-state index contributed by atoms with van der Waals surface area (Å²) in [7, 11) is 1.54. The average Bonchev–Trinajstić information content (AvgIpc) is 2.59. The Balaban J connectivity index is 2.17. The van der Waals surface area contributed by atoms with E-state index in [1.165, 1.54) is 12.1 Å². The maximum Gasteiger partial charge on any atom is 0.258 e. The number of carbonyl (C=O) groups excluding carboxylic acids is 1. The van der Waals surface area contributed by atoms with Gasteiger partial charge in [0.05, 0.1) is 7.11 Å². The Hall–Kier alpha value is -2.28. The summed E-state index contributed by atoms with van der Waals surface area (Å²) in [6.07, 6.45) is 0. The molecular formula is C20H24BrFN2O3. The number of hydrogen-bond donors (Lipinski definition) is 2. The predicted molar refractivity (Wildman–Crippen MR) is 108 cm³/mol. The standard InChI is InChI=1S/C20H24BrFN2O3/c1-20(2,3)24-18(25)12-27-19-15(16(21)9-10-17(19)26-4)11-23-14-7-5-13(22)6-8-14/h5-10,23H,11-12H2,1-4H3,(H,24,25). The molecule has 0 saturated heterocycles. The highest BCUT2D eigenvalue weighted by Gasteiger charge is 2.18. The van der Waals surface area contributed by atoms with Gasteiger partial charge in [-0.2, -0.15) is 0 Å². The number of ether oxygens (including phenoxy) is 2. The molecule has 0 aliphatic heterocycles. The van der Waals surface area contributed by atoms with Crippen molar-refractivity contribution in [3.63, 3.8) is 0 Å². The van der Waals surface area contributed by atoms with Crippen LogP contribution in [0.5, 0.6) is 11.5 Å². The second kappa shape index (κ2) is 9.08. The molecule has 5 nitrogen and oxygen atoms in total. The summed E-state index contributed by atoms with van der Waals surface area (Å²) < 4.78 is 25.0. The van der Waals surface area contributed by atoms with E-state index in [0.29, 0.717) is 18.0 Å². The third kappa shape index (κ3) is 6.43. The zero-order chi connectivity index (χ0) is 20.0. The SMILES string of the molecule is COc1ccc(Br)c(CNc2ccc(F)cc2)c1OCC(=O)NC(C)(C)C. The van der Waals surface area contributed by atoms with Crippen molar-refractivity contribution in [2.24, 2.45) is 0 Å². The quantitative estimate of drug-likeness (QED) is 0.667. The van der Waals surface area contributed by atoms with E-state index in [4.69, 9.17) is 9.47 Å². The third-order valence-electron chi connectivity index (χ3n) is 3.56. The van der Waals surface area contributed by atoms with Gasteiger partial charge in [0, 0.05) is 27.8 Å². The van der Waals surface area contributed by atoms with Gasteiger partial charge in [-0.1, -0.05) is 15.9 Å². The van der Waals surface area contributed by atoms with Crippen LogP contribution in [0.3, 0.4) is 0 Å². The minimum absolute atomic E-state index is 0.131. The van der Waals surface area contributed by atoms with Crippen LogP contribution in [0.2, 0.25) is 0 Å². The number of methoxy groups -OCH3 is 1. The molecule has 0 atom stereocenters. The van der Waals surface area contributed by atoms with Gasteiger partial charge < -0.3 is 20.1 Å². The molecule has 2 N–H and O–H groups in total. The molecule has 7 heteroatoms. The predicted octanol–water partition coefficient (Wildman–Crippen LogP) is 4.50. The van der Waals surface area contributed by atoms with E-state index in [9.17, 15) is 9.18 Å². The molecule has 0 aromatic heterocycles. The van der Waals surface area contributed by atoms with Gasteiger partial charge in [0.1, 0.15) is 5.82 Å². The van der Waals surface area contributed by atoms with Gasteiger partial charge in [0.15, 0.2) is 18.1 Å². The molecule has 0 heterocycles. The fourth-order valence-corrected chi connectivity index (χ4v) is 2.87. The van der Waals surface area contributed by atoms with Gasteiger partial charge in [0.2, 0.25) is 0 Å². The van der Waals surface area contributed by atoms with E-state index in [1.807, 2.05) is 26.8 Å². The fourth-order valence-electron chi connectivity index (χ4n) is 2.42. The van der Waals surface area contributed by atoms with Crippen LogP contribution in [0.15, 0.2) is 40.9 Å². The van der Waals surface area contributed by atoms with Crippen LogP contribution in [0.4, 0.5) is 10.1 Å². The normalized spacial score (nSPS) is 11.0. The van der Waals surface area contributed by atoms with Gasteiger partial charge in [-0.25, -0.2) is 4.39 Å². The van der Waals surface area contributed by atoms with Gasteiger partial charge in [-0.15, -0.1) is 0 Å². The van der Waals surface area contributed by atoms with Crippen molar-refractivity contribution in [2.45, 2.75) is 32.9 Å². The highest BCUT2D eigenvalue weighted by atomic mass is 79.9. The van der Waals surface area contributed by atoms with Crippen molar-refractivity contribution >= 4 is 27.5 Å². The lowest BCUT2D eigenvalue weighted by Crippen LogP contribution is -2.43. The highest BCUT2D eigenvalue weighted by Crippen LogP contribution is 2.36. The number of benzene rings is 2. The molecular weight excluding hydrogens is 415 g/mol. The number of rotatable bonds is 7. The summed E-state index contributed by atoms with van der Waals surface area (Å²) in [6, 6.07) is 9.70. The van der Waals surface area contributed by atoms with Crippen molar-refractivity contribution in [3.8, 4) is 11.5 Å². The zero-order valence-corrected chi connectivity index (χ0v) is 17.4. The lowest BCUT2D eigenvalue weighted by Gasteiger charge is -2.22. The highest BCUT2D eigenvalue weighted by molar-refractivity contribution is 9.10. The van der Waals surface area contributed by atoms with Crippen LogP contribution in [0.25, 0.3) is 0 Å². The van der Waals surface area contributed by atoms with Crippen molar-refractivity contribution < 1.29 is 18.7 Å². The molecule has 1 amide bonds. The van der Waals surface area contributed by atoms with Crippen LogP contribution in [0.1, 0.15) is 26.3 Å². The second-order valence-electron chi connectivity index (χ2n) is 7.00. The Kier molecular flexibility index (Phi) is 7.07. The van der Waals surface area contributed by atoms with Gasteiger partial charge in [-0.05, 0) is 57.2 Å². The Labute approximate surface area is 167 Å². The minimum atomic E-state index is -0.339. The molecule has 27 heavy (non-hydrogen) atoms. The number of carbonyl (C=O) groups is 1. The average molecular weight is 439 g/mol. The van der Waals surface area contributed by atoms with E-state index in [-0.39, 0.29) is 23.9 Å². The van der Waals surface area contributed by atoms with Crippen LogP contribution in [0, 0.1) is 5.82 Å². The van der Waals surface area contributed by atoms with Crippen LogP contribution < -0.4 is 20.1 Å². The first-order valence-corrected chi connectivity index (χ1v) is 9.27. The minimum Gasteiger partial charge on any atom is -0.493 e. The Morgan fingerprint density at radius 3 is 2.41 bits per heavy atom. The summed E-state index contributed by atoms with van der Waals surface area (Å²) in [6.45, 7) is 5.99. The first-order chi connectivity index (χ1) is 12.7. The first-order valence-electron chi connectivity index (χ1n) is 8.48. The van der Waals surface area contributed by atoms with E-state index < -0.39 is 0 Å². The molecule has 146 valence electrons. The van der Waals surface area contributed by atoms with Crippen LogP contribution >= 0.6 is 15.9 Å². The van der Waals surface area contributed by atoms with Crippen molar-refractivity contribution in [2.75, 3.05) is 19.0 Å². The van der Waals surface area contributed by atoms with E-state index in [2.05, 4.69) is 26.6 Å². The number of amides is 1. The fraction of sp³-hybridized carbons (Fsp3) is 0.350. The Morgan fingerprint density at radius 1 is 1.15 bits per heavy atom. The molecule has 0 aliphatic rings. The molecule has 0 spiro atoms. The van der Waals surface area contributed by atoms with Crippen LogP contribution in [-0.2, 0) is 11.3 Å². The van der Waals surface area contributed by atoms with E-state index in [1.54, 1.807) is 25.3 Å². The number of nitrogens with one attached hydrogen (secondary N) is 2. The van der Waals surface area contributed by atoms with E-state index in [0.717, 1.165) is 15.7 Å². The van der Waals surface area contributed by atoms with Gasteiger partial charge in [-0.3, -0.25) is 4.79 Å². The molecule has 0 aliphatic carbocycles. The van der Waals surface area contributed by atoms with Crippen molar-refractivity contribution in [1.29, 1.82) is 0 Å². The smallest absolute Gasteiger partial charge is 0.258 e. The van der Waals surface area contributed by atoms with Gasteiger partial charge >= 0.3 is 0 Å². The molecule has 2 rings (SSSR count). The molecule has 0 fully saturated rings. The van der Waals surface area contributed by atoms with Crippen LogP contribution in [-0.4, -0.2) is 25.2 Å². The summed E-state index contributed by atoms with van der Waals surface area (Å²) >= 11 is 3.52. The van der Waals surface area contributed by atoms with Crippen molar-refractivity contribution in [1.82, 2.24) is 5.32 Å². The molecule has 0 bridgehead atoms. The van der Waals surface area contributed by atoms with E-state index >= 15 is 0 Å². The molecule has 2 aromatic rings. The zero-order valence-electron chi connectivity index (χ0n) is 15.9. The Bertz CT molecular complexity index is 789. The molecule has 0 unspecified atom stereocenters. The number of anilines is 1. The summed E-state index contributed by atoms with van der Waals surface area (Å²) in [4.78, 5) is 12.1. The maximum atomic E-state index is 13.1. The van der Waals surface area contributed by atoms with Gasteiger partial charge in [0.25, 0.3) is 5.91 Å². The molecule has 2 aromatic carbocycles. The lowest BCUT2D eigenvalue weighted by molar-refractivity contribution is -0.124. The molecule has 0 radical (unpaired) electrons. The first kappa shape index (κ1) is 21.0.